The number of pyridine rings is 2. The van der Waals surface area contributed by atoms with Crippen molar-refractivity contribution in [3.8, 4) is 28.3 Å². The number of anilines is 1. The number of nitrogen functional groups attached to an aromatic ring is 1. The summed E-state index contributed by atoms with van der Waals surface area (Å²) in [6.07, 6.45) is 3.92. The summed E-state index contributed by atoms with van der Waals surface area (Å²) >= 11 is 0. The first-order valence-corrected chi connectivity index (χ1v) is 11.8. The third-order valence-electron chi connectivity index (χ3n) is 6.30. The Morgan fingerprint density at radius 1 is 0.914 bits per heavy atom. The fraction of sp³-hybridized carbons (Fsp3) is 0.143. The molecule has 5 aromatic rings. The smallest absolute Gasteiger partial charge is 0.168 e. The van der Waals surface area contributed by atoms with Crippen LogP contribution in [-0.4, -0.2) is 49.9 Å². The lowest BCUT2D eigenvalue weighted by atomic mass is 10.1. The largest absolute Gasteiger partial charge is 0.383 e. The Balaban J connectivity index is 1.48. The minimum atomic E-state index is 0.443. The lowest BCUT2D eigenvalue weighted by Crippen LogP contribution is -2.35. The number of nitrogens with two attached hydrogens (primary N) is 1. The summed E-state index contributed by atoms with van der Waals surface area (Å²) in [5, 5.41) is 3.36. The minimum absolute atomic E-state index is 0.443. The molecule has 0 amide bonds. The molecule has 0 radical (unpaired) electrons. The zero-order chi connectivity index (χ0) is 23.6. The van der Waals surface area contributed by atoms with Crippen LogP contribution in [0.25, 0.3) is 39.5 Å². The highest BCUT2D eigenvalue weighted by atomic mass is 15.1. The van der Waals surface area contributed by atoms with Gasteiger partial charge in [-0.25, -0.2) is 19.5 Å². The van der Waals surface area contributed by atoms with Crippen molar-refractivity contribution in [3.63, 3.8) is 0 Å². The second kappa shape index (κ2) is 9.12. The van der Waals surface area contributed by atoms with E-state index in [1.807, 2.05) is 42.5 Å². The number of rotatable bonds is 5. The second-order valence-electron chi connectivity index (χ2n) is 8.64. The summed E-state index contributed by atoms with van der Waals surface area (Å²) < 4.78 is 4.43. The SMILES string of the molecule is Nc1ncccc1-c1nc2ccc(-c3ccccc3)nc2n1-c1ccc(C[N+]2=CCNCC2)cc1. The van der Waals surface area contributed by atoms with Gasteiger partial charge in [0.2, 0.25) is 0 Å². The molecule has 2 aromatic carbocycles. The van der Waals surface area contributed by atoms with Crippen LogP contribution in [0.1, 0.15) is 5.56 Å². The fourth-order valence-electron chi connectivity index (χ4n) is 4.50. The number of nitrogens with one attached hydrogen (secondary N) is 1. The summed E-state index contributed by atoms with van der Waals surface area (Å²) in [5.74, 6) is 1.17. The number of fused-ring (bicyclic) bond motifs is 1. The van der Waals surface area contributed by atoms with Gasteiger partial charge in [-0.15, -0.1) is 0 Å². The zero-order valence-electron chi connectivity index (χ0n) is 19.3. The van der Waals surface area contributed by atoms with E-state index in [1.54, 1.807) is 6.20 Å². The molecule has 1 aliphatic heterocycles. The summed E-state index contributed by atoms with van der Waals surface area (Å²) in [6, 6.07) is 26.7. The van der Waals surface area contributed by atoms with Crippen LogP contribution >= 0.6 is 0 Å². The minimum Gasteiger partial charge on any atom is -0.383 e. The van der Waals surface area contributed by atoms with Gasteiger partial charge in [-0.05, 0) is 36.4 Å². The summed E-state index contributed by atoms with van der Waals surface area (Å²) in [7, 11) is 0. The number of hydrogen-bond acceptors (Lipinski definition) is 5. The lowest BCUT2D eigenvalue weighted by Gasteiger charge is -2.12. The first-order chi connectivity index (χ1) is 17.3. The van der Waals surface area contributed by atoms with Crippen LogP contribution in [0, 0.1) is 0 Å². The van der Waals surface area contributed by atoms with Crippen LogP contribution in [0.5, 0.6) is 0 Å². The highest BCUT2D eigenvalue weighted by molar-refractivity contribution is 5.84. The lowest BCUT2D eigenvalue weighted by molar-refractivity contribution is -0.541. The van der Waals surface area contributed by atoms with Crippen LogP contribution in [0.15, 0.2) is 85.1 Å². The number of nitrogens with zero attached hydrogens (tertiary/aromatic N) is 5. The Hall–Kier alpha value is -4.36. The van der Waals surface area contributed by atoms with Crippen LogP contribution in [0.3, 0.4) is 0 Å². The molecule has 3 N–H and O–H groups in total. The van der Waals surface area contributed by atoms with Crippen molar-refractivity contribution in [2.75, 3.05) is 25.4 Å². The highest BCUT2D eigenvalue weighted by Gasteiger charge is 2.19. The van der Waals surface area contributed by atoms with E-state index in [4.69, 9.17) is 15.7 Å². The van der Waals surface area contributed by atoms with E-state index in [0.717, 1.165) is 65.7 Å². The molecule has 3 aromatic heterocycles. The monoisotopic (exact) mass is 460 g/mol. The molecule has 35 heavy (non-hydrogen) atoms. The number of aromatic nitrogens is 4. The van der Waals surface area contributed by atoms with Gasteiger partial charge in [0, 0.05) is 23.0 Å². The van der Waals surface area contributed by atoms with Gasteiger partial charge in [0.1, 0.15) is 11.3 Å². The highest BCUT2D eigenvalue weighted by Crippen LogP contribution is 2.31. The Bertz CT molecular complexity index is 1520. The van der Waals surface area contributed by atoms with Crippen LogP contribution in [0.2, 0.25) is 0 Å². The Kier molecular flexibility index (Phi) is 5.52. The third kappa shape index (κ3) is 4.18. The molecule has 0 saturated carbocycles. The Morgan fingerprint density at radius 3 is 2.54 bits per heavy atom. The van der Waals surface area contributed by atoms with Crippen molar-refractivity contribution < 1.29 is 4.58 Å². The molecule has 0 spiro atoms. The molecule has 1 aliphatic rings. The van der Waals surface area contributed by atoms with E-state index in [-0.39, 0.29) is 0 Å². The predicted molar refractivity (Wildman–Crippen MR) is 140 cm³/mol. The maximum absolute atomic E-state index is 6.27. The van der Waals surface area contributed by atoms with Crippen LogP contribution < -0.4 is 11.1 Å². The zero-order valence-corrected chi connectivity index (χ0v) is 19.3. The molecular formula is C28H26N7+. The van der Waals surface area contributed by atoms with Gasteiger partial charge in [0.25, 0.3) is 0 Å². The average Bonchev–Trinajstić information content (AvgIpc) is 3.29. The van der Waals surface area contributed by atoms with Gasteiger partial charge in [-0.2, -0.15) is 0 Å². The molecule has 7 nitrogen and oxygen atoms in total. The van der Waals surface area contributed by atoms with Crippen molar-refractivity contribution >= 4 is 23.2 Å². The van der Waals surface area contributed by atoms with E-state index in [0.29, 0.717) is 5.82 Å². The molecular weight excluding hydrogens is 434 g/mol. The molecule has 0 unspecified atom stereocenters. The van der Waals surface area contributed by atoms with E-state index >= 15 is 0 Å². The van der Waals surface area contributed by atoms with Crippen LogP contribution in [-0.2, 0) is 6.54 Å². The van der Waals surface area contributed by atoms with Gasteiger partial charge in [0.05, 0.1) is 24.3 Å². The second-order valence-corrected chi connectivity index (χ2v) is 8.64. The summed E-state index contributed by atoms with van der Waals surface area (Å²) in [6.45, 7) is 3.85. The van der Waals surface area contributed by atoms with Crippen molar-refractivity contribution in [2.45, 2.75) is 6.54 Å². The molecule has 0 aliphatic carbocycles. The number of benzene rings is 2. The number of hydrogen-bond donors (Lipinski definition) is 2. The molecule has 0 bridgehead atoms. The van der Waals surface area contributed by atoms with Crippen LogP contribution in [0.4, 0.5) is 5.82 Å². The maximum atomic E-state index is 6.27. The van der Waals surface area contributed by atoms with Crippen molar-refractivity contribution in [1.29, 1.82) is 0 Å². The van der Waals surface area contributed by atoms with Crippen molar-refractivity contribution in [3.05, 3.63) is 90.6 Å². The van der Waals surface area contributed by atoms with Gasteiger partial charge in [-0.3, -0.25) is 4.57 Å². The van der Waals surface area contributed by atoms with E-state index in [2.05, 4.69) is 62.1 Å². The molecule has 4 heterocycles. The topological polar surface area (TPSA) is 84.7 Å². The van der Waals surface area contributed by atoms with E-state index < -0.39 is 0 Å². The first-order valence-electron chi connectivity index (χ1n) is 11.8. The Morgan fingerprint density at radius 2 is 1.77 bits per heavy atom. The normalized spacial score (nSPS) is 13.7. The molecule has 0 atom stereocenters. The quantitative estimate of drug-likeness (QED) is 0.389. The van der Waals surface area contributed by atoms with E-state index in [9.17, 15) is 0 Å². The standard InChI is InChI=1S/C28H26N7/c29-26-23(7-4-14-31-26)27-33-25-13-12-24(21-5-2-1-3-6-21)32-28(25)35(27)22-10-8-20(9-11-22)19-34-17-15-30-16-18-34/h1-14,17,30H,15-16,18-19H2,(H2,29,31)/q+1. The van der Waals surface area contributed by atoms with E-state index in [1.165, 1.54) is 5.56 Å². The summed E-state index contributed by atoms with van der Waals surface area (Å²) in [5.41, 5.74) is 12.9. The summed E-state index contributed by atoms with van der Waals surface area (Å²) in [4.78, 5) is 14.3. The van der Waals surface area contributed by atoms with Gasteiger partial charge in [-0.1, -0.05) is 42.5 Å². The Labute approximate surface area is 203 Å². The maximum Gasteiger partial charge on any atom is 0.168 e. The fourth-order valence-corrected chi connectivity index (χ4v) is 4.50. The molecule has 7 heteroatoms. The molecule has 0 saturated heterocycles. The molecule has 0 fully saturated rings. The van der Waals surface area contributed by atoms with Gasteiger partial charge < -0.3 is 11.1 Å². The number of imidazole rings is 1. The van der Waals surface area contributed by atoms with Gasteiger partial charge >= 0.3 is 0 Å². The third-order valence-corrected chi connectivity index (χ3v) is 6.30. The predicted octanol–water partition coefficient (Wildman–Crippen LogP) is 3.92. The van der Waals surface area contributed by atoms with Gasteiger partial charge in [0.15, 0.2) is 30.8 Å². The van der Waals surface area contributed by atoms with Crippen molar-refractivity contribution in [2.24, 2.45) is 0 Å². The first kappa shape index (κ1) is 21.2. The van der Waals surface area contributed by atoms with Crippen molar-refractivity contribution in [1.82, 2.24) is 24.8 Å². The average molecular weight is 461 g/mol. The molecule has 6 rings (SSSR count). The molecule has 172 valence electrons.